The van der Waals surface area contributed by atoms with Crippen molar-refractivity contribution in [2.75, 3.05) is 37.9 Å². The van der Waals surface area contributed by atoms with E-state index in [1.165, 1.54) is 13.2 Å². The van der Waals surface area contributed by atoms with E-state index in [4.69, 9.17) is 15.6 Å². The first-order valence-corrected chi connectivity index (χ1v) is 6.45. The molecule has 1 aromatic rings. The van der Waals surface area contributed by atoms with Gasteiger partial charge in [-0.2, -0.15) is 0 Å². The van der Waals surface area contributed by atoms with Gasteiger partial charge in [-0.05, 0) is 28.1 Å². The van der Waals surface area contributed by atoms with Crippen LogP contribution in [0.4, 0.5) is 11.4 Å². The maximum absolute atomic E-state index is 11.4. The summed E-state index contributed by atoms with van der Waals surface area (Å²) in [7, 11) is 1.29. The number of ether oxygens (including phenoxy) is 2. The van der Waals surface area contributed by atoms with Crippen LogP contribution in [-0.2, 0) is 14.3 Å². The normalized spacial score (nSPS) is 10.1. The van der Waals surface area contributed by atoms with Gasteiger partial charge in [-0.3, -0.25) is 0 Å². The lowest BCUT2D eigenvalue weighted by Gasteiger charge is -2.12. The topological polar surface area (TPSA) is 111 Å². The van der Waals surface area contributed by atoms with Crippen molar-refractivity contribution in [3.8, 4) is 0 Å². The summed E-state index contributed by atoms with van der Waals surface area (Å²) in [6.45, 7) is 0.254. The van der Waals surface area contributed by atoms with Crippen molar-refractivity contribution >= 4 is 39.2 Å². The highest BCUT2D eigenvalue weighted by molar-refractivity contribution is 9.10. The zero-order valence-electron chi connectivity index (χ0n) is 10.8. The van der Waals surface area contributed by atoms with E-state index in [9.17, 15) is 9.59 Å². The number of rotatable bonds is 7. The fourth-order valence-corrected chi connectivity index (χ4v) is 2.07. The molecule has 0 spiro atoms. The number of anilines is 2. The van der Waals surface area contributed by atoms with Crippen LogP contribution in [0.15, 0.2) is 16.6 Å². The Morgan fingerprint density at radius 1 is 1.45 bits per heavy atom. The fraction of sp³-hybridized carbons (Fsp3) is 0.333. The third kappa shape index (κ3) is 4.71. The molecule has 0 aliphatic heterocycles. The molecule has 0 saturated heterocycles. The van der Waals surface area contributed by atoms with Crippen LogP contribution in [0.5, 0.6) is 0 Å². The van der Waals surface area contributed by atoms with Gasteiger partial charge in [0.1, 0.15) is 6.61 Å². The number of halogens is 1. The number of nitrogens with one attached hydrogen (secondary N) is 1. The number of carboxylic acid groups (broad SMARTS) is 1. The van der Waals surface area contributed by atoms with E-state index in [1.807, 2.05) is 0 Å². The van der Waals surface area contributed by atoms with Crippen LogP contribution >= 0.6 is 15.9 Å². The second kappa shape index (κ2) is 7.71. The quantitative estimate of drug-likeness (QED) is 0.388. The van der Waals surface area contributed by atoms with Crippen LogP contribution in [0.3, 0.4) is 0 Å². The predicted octanol–water partition coefficient (Wildman–Crippen LogP) is 1.33. The summed E-state index contributed by atoms with van der Waals surface area (Å²) in [6.07, 6.45) is 0. The Balaban J connectivity index is 2.62. The average Bonchev–Trinajstić information content (AvgIpc) is 2.39. The number of nitrogen functional groups attached to an aromatic ring is 1. The van der Waals surface area contributed by atoms with Crippen LogP contribution in [0.2, 0.25) is 0 Å². The van der Waals surface area contributed by atoms with Gasteiger partial charge in [0.25, 0.3) is 0 Å². The molecule has 20 heavy (non-hydrogen) atoms. The van der Waals surface area contributed by atoms with E-state index in [0.29, 0.717) is 28.0 Å². The molecule has 0 amide bonds. The molecular weight excluding hydrogens is 332 g/mol. The van der Waals surface area contributed by atoms with Gasteiger partial charge < -0.3 is 25.6 Å². The first-order chi connectivity index (χ1) is 9.45. The highest BCUT2D eigenvalue weighted by Crippen LogP contribution is 2.30. The number of nitrogens with two attached hydrogens (primary N) is 1. The first-order valence-electron chi connectivity index (χ1n) is 5.66. The van der Waals surface area contributed by atoms with Crippen molar-refractivity contribution in [2.24, 2.45) is 0 Å². The molecule has 1 rings (SSSR count). The van der Waals surface area contributed by atoms with Gasteiger partial charge in [-0.1, -0.05) is 0 Å². The van der Waals surface area contributed by atoms with E-state index in [-0.39, 0.29) is 13.2 Å². The number of carboxylic acids is 1. The molecule has 0 bridgehead atoms. The van der Waals surface area contributed by atoms with Gasteiger partial charge in [-0.25, -0.2) is 9.59 Å². The molecule has 0 fully saturated rings. The number of esters is 1. The van der Waals surface area contributed by atoms with Crippen LogP contribution in [0.25, 0.3) is 0 Å². The summed E-state index contributed by atoms with van der Waals surface area (Å²) in [5, 5.41) is 11.4. The lowest BCUT2D eigenvalue weighted by atomic mass is 10.1. The van der Waals surface area contributed by atoms with E-state index >= 15 is 0 Å². The molecule has 0 saturated carbocycles. The largest absolute Gasteiger partial charge is 0.480 e. The highest BCUT2D eigenvalue weighted by atomic mass is 79.9. The summed E-state index contributed by atoms with van der Waals surface area (Å²) in [4.78, 5) is 21.7. The smallest absolute Gasteiger partial charge is 0.337 e. The summed E-state index contributed by atoms with van der Waals surface area (Å²) < 4.78 is 10.1. The first kappa shape index (κ1) is 16.3. The maximum Gasteiger partial charge on any atom is 0.337 e. The van der Waals surface area contributed by atoms with Crippen LogP contribution < -0.4 is 11.1 Å². The van der Waals surface area contributed by atoms with E-state index in [0.717, 1.165) is 0 Å². The number of hydrogen-bond donors (Lipinski definition) is 3. The number of aliphatic carboxylic acids is 1. The summed E-state index contributed by atoms with van der Waals surface area (Å²) >= 11 is 3.30. The number of methoxy groups -OCH3 is 1. The summed E-state index contributed by atoms with van der Waals surface area (Å²) in [5.74, 6) is -1.50. The zero-order chi connectivity index (χ0) is 15.1. The molecule has 4 N–H and O–H groups in total. The van der Waals surface area contributed by atoms with E-state index in [1.54, 1.807) is 6.07 Å². The minimum atomic E-state index is -1.02. The Morgan fingerprint density at radius 3 is 2.70 bits per heavy atom. The van der Waals surface area contributed by atoms with Gasteiger partial charge in [0.2, 0.25) is 0 Å². The Bertz CT molecular complexity index is 484. The SMILES string of the molecule is COC(=O)c1cc(N)c(NCCOCC(=O)O)c(Br)c1. The number of hydrogen-bond acceptors (Lipinski definition) is 6. The highest BCUT2D eigenvalue weighted by Gasteiger charge is 2.12. The van der Waals surface area contributed by atoms with Crippen molar-refractivity contribution in [2.45, 2.75) is 0 Å². The van der Waals surface area contributed by atoms with Crippen molar-refractivity contribution in [3.63, 3.8) is 0 Å². The van der Waals surface area contributed by atoms with Crippen molar-refractivity contribution in [3.05, 3.63) is 22.2 Å². The molecule has 8 heteroatoms. The lowest BCUT2D eigenvalue weighted by Crippen LogP contribution is -2.15. The Kier molecular flexibility index (Phi) is 6.26. The van der Waals surface area contributed by atoms with Crippen molar-refractivity contribution < 1.29 is 24.2 Å². The monoisotopic (exact) mass is 346 g/mol. The number of carbonyl (C=O) groups excluding carboxylic acids is 1. The molecule has 0 aliphatic carbocycles. The van der Waals surface area contributed by atoms with Crippen LogP contribution in [-0.4, -0.2) is 43.9 Å². The second-order valence-electron chi connectivity index (χ2n) is 3.79. The molecule has 0 radical (unpaired) electrons. The zero-order valence-corrected chi connectivity index (χ0v) is 12.4. The third-order valence-electron chi connectivity index (χ3n) is 2.32. The molecule has 0 heterocycles. The second-order valence-corrected chi connectivity index (χ2v) is 4.64. The predicted molar refractivity (Wildman–Crippen MR) is 76.8 cm³/mol. The van der Waals surface area contributed by atoms with Crippen molar-refractivity contribution in [1.29, 1.82) is 0 Å². The number of benzene rings is 1. The Hall–Kier alpha value is -1.80. The number of carbonyl (C=O) groups is 2. The van der Waals surface area contributed by atoms with Gasteiger partial charge in [0.05, 0.1) is 30.7 Å². The lowest BCUT2D eigenvalue weighted by molar-refractivity contribution is -0.142. The standard InChI is InChI=1S/C12H15BrN2O5/c1-19-12(18)7-4-8(13)11(9(14)5-7)15-2-3-20-6-10(16)17/h4-5,15H,2-3,6,14H2,1H3,(H,16,17). The van der Waals surface area contributed by atoms with Crippen LogP contribution in [0, 0.1) is 0 Å². The minimum absolute atomic E-state index is 0.219. The van der Waals surface area contributed by atoms with Crippen LogP contribution in [0.1, 0.15) is 10.4 Å². The molecule has 7 nitrogen and oxygen atoms in total. The summed E-state index contributed by atoms with van der Waals surface area (Å²) in [5.41, 5.74) is 7.16. The van der Waals surface area contributed by atoms with E-state index in [2.05, 4.69) is 26.0 Å². The molecule has 0 unspecified atom stereocenters. The Labute approximate surface area is 124 Å². The Morgan fingerprint density at radius 2 is 2.15 bits per heavy atom. The van der Waals surface area contributed by atoms with Gasteiger partial charge in [0.15, 0.2) is 0 Å². The molecule has 110 valence electrons. The average molecular weight is 347 g/mol. The fourth-order valence-electron chi connectivity index (χ4n) is 1.46. The minimum Gasteiger partial charge on any atom is -0.480 e. The molecule has 0 aliphatic rings. The van der Waals surface area contributed by atoms with Crippen molar-refractivity contribution in [1.82, 2.24) is 0 Å². The molecule has 0 aromatic heterocycles. The third-order valence-corrected chi connectivity index (χ3v) is 2.94. The van der Waals surface area contributed by atoms with Gasteiger partial charge in [0, 0.05) is 11.0 Å². The molecular formula is C12H15BrN2O5. The summed E-state index contributed by atoms with van der Waals surface area (Å²) in [6, 6.07) is 3.08. The van der Waals surface area contributed by atoms with E-state index < -0.39 is 11.9 Å². The molecule has 1 aromatic carbocycles. The maximum atomic E-state index is 11.4. The van der Waals surface area contributed by atoms with Gasteiger partial charge >= 0.3 is 11.9 Å². The molecule has 0 atom stereocenters. The van der Waals surface area contributed by atoms with Gasteiger partial charge in [-0.15, -0.1) is 0 Å².